The third-order valence-corrected chi connectivity index (χ3v) is 5.37. The van der Waals surface area contributed by atoms with Gasteiger partial charge in [-0.1, -0.05) is 33.6 Å². The quantitative estimate of drug-likeness (QED) is 0.699. The monoisotopic (exact) mass is 222 g/mol. The van der Waals surface area contributed by atoms with E-state index in [9.17, 15) is 4.79 Å². The summed E-state index contributed by atoms with van der Waals surface area (Å²) in [5, 5.41) is 0. The molecule has 2 aliphatic rings. The summed E-state index contributed by atoms with van der Waals surface area (Å²) in [5.41, 5.74) is 0.351. The average molecular weight is 222 g/mol. The van der Waals surface area contributed by atoms with Crippen molar-refractivity contribution in [3.05, 3.63) is 0 Å². The van der Waals surface area contributed by atoms with Crippen molar-refractivity contribution in [2.24, 2.45) is 23.2 Å². The zero-order valence-electron chi connectivity index (χ0n) is 11.1. The zero-order chi connectivity index (χ0) is 11.8. The largest absolute Gasteiger partial charge is 0.299 e. The van der Waals surface area contributed by atoms with Crippen LogP contribution in [0.15, 0.2) is 0 Å². The van der Waals surface area contributed by atoms with E-state index in [1.165, 1.54) is 32.1 Å². The molecule has 2 rings (SSSR count). The van der Waals surface area contributed by atoms with Gasteiger partial charge in [0.25, 0.3) is 0 Å². The van der Waals surface area contributed by atoms with Gasteiger partial charge in [0, 0.05) is 12.3 Å². The molecule has 2 saturated carbocycles. The molecule has 0 heterocycles. The van der Waals surface area contributed by atoms with E-state index in [-0.39, 0.29) is 0 Å². The number of carbonyl (C=O) groups is 1. The molecule has 0 aromatic heterocycles. The van der Waals surface area contributed by atoms with Crippen molar-refractivity contribution in [2.75, 3.05) is 0 Å². The Balaban J connectivity index is 2.14. The van der Waals surface area contributed by atoms with Crippen LogP contribution >= 0.6 is 0 Å². The van der Waals surface area contributed by atoms with Gasteiger partial charge in [-0.05, 0) is 42.9 Å². The molecule has 2 aliphatic carbocycles. The second-order valence-corrected chi connectivity index (χ2v) is 6.33. The van der Waals surface area contributed by atoms with Crippen molar-refractivity contribution >= 4 is 5.78 Å². The normalized spacial score (nSPS) is 40.8. The Morgan fingerprint density at radius 1 is 1.44 bits per heavy atom. The first kappa shape index (κ1) is 12.1. The van der Waals surface area contributed by atoms with Crippen molar-refractivity contribution < 1.29 is 4.79 Å². The van der Waals surface area contributed by atoms with Crippen molar-refractivity contribution in [1.82, 2.24) is 0 Å². The Hall–Kier alpha value is -0.330. The van der Waals surface area contributed by atoms with Crippen LogP contribution in [0.25, 0.3) is 0 Å². The van der Waals surface area contributed by atoms with Crippen LogP contribution in [-0.4, -0.2) is 5.78 Å². The van der Waals surface area contributed by atoms with Gasteiger partial charge in [0.15, 0.2) is 0 Å². The number of hydrogen-bond donors (Lipinski definition) is 0. The Bertz CT molecular complexity index is 271. The number of hydrogen-bond acceptors (Lipinski definition) is 1. The van der Waals surface area contributed by atoms with Gasteiger partial charge in [0.2, 0.25) is 0 Å². The molecular weight excluding hydrogens is 196 g/mol. The van der Waals surface area contributed by atoms with Crippen LogP contribution in [0, 0.1) is 23.2 Å². The van der Waals surface area contributed by atoms with Crippen LogP contribution in [-0.2, 0) is 4.79 Å². The lowest BCUT2D eigenvalue weighted by Gasteiger charge is -2.42. The fraction of sp³-hybridized carbons (Fsp3) is 0.933. The molecule has 0 saturated heterocycles. The summed E-state index contributed by atoms with van der Waals surface area (Å²) in [6.07, 6.45) is 8.38. The fourth-order valence-electron chi connectivity index (χ4n) is 4.56. The van der Waals surface area contributed by atoms with Crippen molar-refractivity contribution in [3.8, 4) is 0 Å². The number of fused-ring (bicyclic) bond motifs is 1. The Morgan fingerprint density at radius 2 is 2.19 bits per heavy atom. The number of rotatable bonds is 3. The molecular formula is C15H26O. The molecule has 1 heteroatoms. The van der Waals surface area contributed by atoms with E-state index in [0.29, 0.717) is 17.1 Å². The van der Waals surface area contributed by atoms with Crippen LogP contribution in [0.5, 0.6) is 0 Å². The fourth-order valence-corrected chi connectivity index (χ4v) is 4.56. The minimum Gasteiger partial charge on any atom is -0.299 e. The van der Waals surface area contributed by atoms with Gasteiger partial charge < -0.3 is 0 Å². The molecule has 16 heavy (non-hydrogen) atoms. The average Bonchev–Trinajstić information content (AvgIpc) is 2.57. The number of Topliss-reactive ketones (excluding diaryl/α,β-unsaturated/α-hetero) is 1. The predicted octanol–water partition coefficient (Wildman–Crippen LogP) is 4.21. The van der Waals surface area contributed by atoms with E-state index >= 15 is 0 Å². The maximum absolute atomic E-state index is 12.0. The first-order chi connectivity index (χ1) is 7.59. The lowest BCUT2D eigenvalue weighted by atomic mass is 9.62. The molecule has 0 aromatic carbocycles. The molecule has 0 aromatic rings. The molecule has 0 bridgehead atoms. The van der Waals surface area contributed by atoms with E-state index in [2.05, 4.69) is 20.8 Å². The third kappa shape index (κ3) is 1.83. The Labute approximate surface area is 100.0 Å². The van der Waals surface area contributed by atoms with Crippen molar-refractivity contribution in [3.63, 3.8) is 0 Å². The van der Waals surface area contributed by atoms with Crippen molar-refractivity contribution in [2.45, 2.75) is 65.7 Å². The minimum absolute atomic E-state index is 0.351. The SMILES string of the molecule is CCC[C@H](C)C1CC[C@H]2C(=O)CCCC12C. The molecule has 0 amide bonds. The second kappa shape index (κ2) is 4.50. The Morgan fingerprint density at radius 3 is 2.88 bits per heavy atom. The highest BCUT2D eigenvalue weighted by Gasteiger charge is 2.51. The molecule has 2 unspecified atom stereocenters. The van der Waals surface area contributed by atoms with Crippen LogP contribution in [0.4, 0.5) is 0 Å². The molecule has 4 atom stereocenters. The van der Waals surface area contributed by atoms with Crippen LogP contribution in [0.1, 0.15) is 65.7 Å². The van der Waals surface area contributed by atoms with Gasteiger partial charge in [-0.15, -0.1) is 0 Å². The predicted molar refractivity (Wildman–Crippen MR) is 67.3 cm³/mol. The number of ketones is 1. The summed E-state index contributed by atoms with van der Waals surface area (Å²) in [6, 6.07) is 0. The van der Waals surface area contributed by atoms with E-state index in [4.69, 9.17) is 0 Å². The molecule has 2 fully saturated rings. The first-order valence-electron chi connectivity index (χ1n) is 7.12. The van der Waals surface area contributed by atoms with Crippen LogP contribution in [0.3, 0.4) is 0 Å². The van der Waals surface area contributed by atoms with Crippen molar-refractivity contribution in [1.29, 1.82) is 0 Å². The summed E-state index contributed by atoms with van der Waals surface area (Å²) >= 11 is 0. The van der Waals surface area contributed by atoms with Gasteiger partial charge in [-0.3, -0.25) is 4.79 Å². The number of carbonyl (C=O) groups excluding carboxylic acids is 1. The van der Waals surface area contributed by atoms with Gasteiger partial charge in [0.1, 0.15) is 5.78 Å². The first-order valence-corrected chi connectivity index (χ1v) is 7.12. The maximum Gasteiger partial charge on any atom is 0.136 e. The zero-order valence-corrected chi connectivity index (χ0v) is 11.1. The topological polar surface area (TPSA) is 17.1 Å². The highest BCUT2D eigenvalue weighted by molar-refractivity contribution is 5.83. The molecule has 0 N–H and O–H groups in total. The minimum atomic E-state index is 0.351. The summed E-state index contributed by atoms with van der Waals surface area (Å²) in [7, 11) is 0. The lowest BCUT2D eigenvalue weighted by Crippen LogP contribution is -2.39. The molecule has 0 spiro atoms. The standard InChI is InChI=1S/C15H26O/c1-4-6-11(2)12-8-9-13-14(16)7-5-10-15(12,13)3/h11-13H,4-10H2,1-3H3/t11-,12?,13-,15?/m0/s1. The van der Waals surface area contributed by atoms with E-state index in [1.807, 2.05) is 0 Å². The van der Waals surface area contributed by atoms with Gasteiger partial charge in [0.05, 0.1) is 0 Å². The Kier molecular flexibility index (Phi) is 3.42. The summed E-state index contributed by atoms with van der Waals surface area (Å²) < 4.78 is 0. The summed E-state index contributed by atoms with van der Waals surface area (Å²) in [5.74, 6) is 2.60. The summed E-state index contributed by atoms with van der Waals surface area (Å²) in [4.78, 5) is 12.0. The van der Waals surface area contributed by atoms with E-state index in [1.54, 1.807) is 0 Å². The van der Waals surface area contributed by atoms with Gasteiger partial charge >= 0.3 is 0 Å². The third-order valence-electron chi connectivity index (χ3n) is 5.37. The highest BCUT2D eigenvalue weighted by atomic mass is 16.1. The second-order valence-electron chi connectivity index (χ2n) is 6.33. The van der Waals surface area contributed by atoms with E-state index < -0.39 is 0 Å². The van der Waals surface area contributed by atoms with Crippen LogP contribution < -0.4 is 0 Å². The molecule has 0 radical (unpaired) electrons. The smallest absolute Gasteiger partial charge is 0.136 e. The van der Waals surface area contributed by atoms with Gasteiger partial charge in [-0.2, -0.15) is 0 Å². The summed E-state index contributed by atoms with van der Waals surface area (Å²) in [6.45, 7) is 7.08. The highest BCUT2D eigenvalue weighted by Crippen LogP contribution is 2.56. The van der Waals surface area contributed by atoms with Gasteiger partial charge in [-0.25, -0.2) is 0 Å². The molecule has 1 nitrogen and oxygen atoms in total. The maximum atomic E-state index is 12.0. The molecule has 0 aliphatic heterocycles. The lowest BCUT2D eigenvalue weighted by molar-refractivity contribution is -0.130. The molecule has 92 valence electrons. The van der Waals surface area contributed by atoms with E-state index in [0.717, 1.165) is 24.7 Å². The van der Waals surface area contributed by atoms with Crippen LogP contribution in [0.2, 0.25) is 0 Å².